The van der Waals surface area contributed by atoms with Gasteiger partial charge in [0.2, 0.25) is 0 Å². The van der Waals surface area contributed by atoms with Gasteiger partial charge in [-0.25, -0.2) is 9.59 Å². The first-order chi connectivity index (χ1) is 12.7. The Morgan fingerprint density at radius 1 is 1.11 bits per heavy atom. The number of amides is 1. The fourth-order valence-electron chi connectivity index (χ4n) is 2.85. The Kier molecular flexibility index (Phi) is 6.93. The third-order valence-corrected chi connectivity index (χ3v) is 4.33. The monoisotopic (exact) mass is 379 g/mol. The normalized spacial score (nSPS) is 15.2. The first kappa shape index (κ1) is 20.9. The first-order valence-corrected chi connectivity index (χ1v) is 9.10. The molecule has 0 N–H and O–H groups in total. The second kappa shape index (κ2) is 8.97. The molecule has 7 heteroatoms. The quantitative estimate of drug-likeness (QED) is 0.729. The lowest BCUT2D eigenvalue weighted by atomic mass is 9.98. The predicted molar refractivity (Wildman–Crippen MR) is 100 cm³/mol. The summed E-state index contributed by atoms with van der Waals surface area (Å²) in [5.74, 6) is 0.992. The molecule has 1 amide bonds. The first-order valence-electron chi connectivity index (χ1n) is 9.10. The van der Waals surface area contributed by atoms with E-state index in [-0.39, 0.29) is 6.09 Å². The topological polar surface area (TPSA) is 74.3 Å². The van der Waals surface area contributed by atoms with E-state index in [0.717, 1.165) is 12.8 Å². The average molecular weight is 379 g/mol. The fourth-order valence-corrected chi connectivity index (χ4v) is 2.85. The second-order valence-electron chi connectivity index (χ2n) is 7.58. The number of ether oxygens (including phenoxy) is 4. The molecule has 1 aliphatic rings. The van der Waals surface area contributed by atoms with Crippen LogP contribution in [0, 0.1) is 5.92 Å². The van der Waals surface area contributed by atoms with Gasteiger partial charge in [0, 0.05) is 13.1 Å². The number of piperidine rings is 1. The molecular weight excluding hydrogens is 350 g/mol. The third-order valence-electron chi connectivity index (χ3n) is 4.33. The van der Waals surface area contributed by atoms with Crippen LogP contribution in [-0.2, 0) is 9.47 Å². The molecule has 0 aliphatic carbocycles. The highest BCUT2D eigenvalue weighted by atomic mass is 16.6. The second-order valence-corrected chi connectivity index (χ2v) is 7.58. The number of hydrogen-bond donors (Lipinski definition) is 0. The molecule has 0 radical (unpaired) electrons. The largest absolute Gasteiger partial charge is 0.493 e. The van der Waals surface area contributed by atoms with Gasteiger partial charge in [-0.1, -0.05) is 0 Å². The average Bonchev–Trinajstić information content (AvgIpc) is 2.64. The summed E-state index contributed by atoms with van der Waals surface area (Å²) in [5, 5.41) is 0. The van der Waals surface area contributed by atoms with E-state index in [4.69, 9.17) is 18.9 Å². The van der Waals surface area contributed by atoms with Crippen LogP contribution in [-0.4, -0.2) is 56.5 Å². The maximum absolute atomic E-state index is 12.1. The van der Waals surface area contributed by atoms with Crippen LogP contribution in [0.1, 0.15) is 44.0 Å². The molecular formula is C20H29NO6. The number of esters is 1. The van der Waals surface area contributed by atoms with Crippen molar-refractivity contribution >= 4 is 12.1 Å². The minimum absolute atomic E-state index is 0.262. The Hall–Kier alpha value is -2.44. The molecule has 7 nitrogen and oxygen atoms in total. The zero-order chi connectivity index (χ0) is 20.0. The van der Waals surface area contributed by atoms with Crippen LogP contribution < -0.4 is 9.47 Å². The van der Waals surface area contributed by atoms with Gasteiger partial charge in [0.05, 0.1) is 26.4 Å². The number of rotatable bonds is 5. The Bertz CT molecular complexity index is 659. The van der Waals surface area contributed by atoms with Gasteiger partial charge in [-0.15, -0.1) is 0 Å². The molecule has 0 atom stereocenters. The molecule has 1 fully saturated rings. The maximum Gasteiger partial charge on any atom is 0.410 e. The lowest BCUT2D eigenvalue weighted by molar-refractivity contribution is 0.0164. The molecule has 0 saturated carbocycles. The van der Waals surface area contributed by atoms with Crippen molar-refractivity contribution in [3.63, 3.8) is 0 Å². The Balaban J connectivity index is 1.86. The van der Waals surface area contributed by atoms with Crippen molar-refractivity contribution in [3.05, 3.63) is 23.8 Å². The highest BCUT2D eigenvalue weighted by Gasteiger charge is 2.27. The van der Waals surface area contributed by atoms with E-state index >= 15 is 0 Å². The van der Waals surface area contributed by atoms with Gasteiger partial charge in [0.1, 0.15) is 5.60 Å². The van der Waals surface area contributed by atoms with Crippen molar-refractivity contribution in [2.45, 2.75) is 39.2 Å². The van der Waals surface area contributed by atoms with E-state index in [1.165, 1.54) is 14.2 Å². The predicted octanol–water partition coefficient (Wildman–Crippen LogP) is 3.51. The number of benzene rings is 1. The van der Waals surface area contributed by atoms with Crippen molar-refractivity contribution in [2.24, 2.45) is 5.92 Å². The highest BCUT2D eigenvalue weighted by molar-refractivity contribution is 5.90. The van der Waals surface area contributed by atoms with Gasteiger partial charge >= 0.3 is 12.1 Å². The van der Waals surface area contributed by atoms with Crippen molar-refractivity contribution < 1.29 is 28.5 Å². The number of likely N-dealkylation sites (tertiary alicyclic amines) is 1. The smallest absolute Gasteiger partial charge is 0.410 e. The standard InChI is InChI=1S/C20H29NO6/c1-20(2,3)27-19(23)21-10-8-14(9-11-21)13-26-16-7-6-15(18(22)25-5)12-17(16)24-4/h6-7,12,14H,8-11,13H2,1-5H3. The van der Waals surface area contributed by atoms with Gasteiger partial charge in [-0.2, -0.15) is 0 Å². The van der Waals surface area contributed by atoms with Crippen LogP contribution in [0.25, 0.3) is 0 Å². The molecule has 1 aromatic rings. The molecule has 0 aromatic heterocycles. The molecule has 2 rings (SSSR count). The van der Waals surface area contributed by atoms with Gasteiger partial charge in [0.15, 0.2) is 11.5 Å². The van der Waals surface area contributed by atoms with Gasteiger partial charge in [-0.05, 0) is 57.7 Å². The molecule has 1 aromatic carbocycles. The summed E-state index contributed by atoms with van der Waals surface area (Å²) >= 11 is 0. The number of hydrogen-bond acceptors (Lipinski definition) is 6. The van der Waals surface area contributed by atoms with Gasteiger partial charge in [-0.3, -0.25) is 0 Å². The van der Waals surface area contributed by atoms with E-state index in [1.54, 1.807) is 23.1 Å². The summed E-state index contributed by atoms with van der Waals surface area (Å²) in [4.78, 5) is 25.5. The van der Waals surface area contributed by atoms with Crippen LogP contribution in [0.4, 0.5) is 4.79 Å². The van der Waals surface area contributed by atoms with E-state index in [1.807, 2.05) is 20.8 Å². The summed E-state index contributed by atoms with van der Waals surface area (Å²) in [6.07, 6.45) is 1.44. The molecule has 0 unspecified atom stereocenters. The van der Waals surface area contributed by atoms with Crippen molar-refractivity contribution in [1.29, 1.82) is 0 Å². The SMILES string of the molecule is COC(=O)c1ccc(OCC2CCN(C(=O)OC(C)(C)C)CC2)c(OC)c1. The number of methoxy groups -OCH3 is 2. The molecule has 150 valence electrons. The highest BCUT2D eigenvalue weighted by Crippen LogP contribution is 2.30. The Morgan fingerprint density at radius 2 is 1.78 bits per heavy atom. The van der Waals surface area contributed by atoms with E-state index in [0.29, 0.717) is 42.7 Å². The molecule has 0 spiro atoms. The molecule has 1 saturated heterocycles. The number of carbonyl (C=O) groups is 2. The van der Waals surface area contributed by atoms with Crippen LogP contribution in [0.3, 0.4) is 0 Å². The van der Waals surface area contributed by atoms with E-state index in [9.17, 15) is 9.59 Å². The van der Waals surface area contributed by atoms with Crippen LogP contribution in [0.5, 0.6) is 11.5 Å². The van der Waals surface area contributed by atoms with Crippen molar-refractivity contribution in [3.8, 4) is 11.5 Å². The Morgan fingerprint density at radius 3 is 2.33 bits per heavy atom. The van der Waals surface area contributed by atoms with Gasteiger partial charge < -0.3 is 23.8 Å². The molecule has 0 bridgehead atoms. The Labute approximate surface area is 160 Å². The van der Waals surface area contributed by atoms with Crippen molar-refractivity contribution in [1.82, 2.24) is 4.90 Å². The van der Waals surface area contributed by atoms with Crippen LogP contribution >= 0.6 is 0 Å². The fraction of sp³-hybridized carbons (Fsp3) is 0.600. The molecule has 1 heterocycles. The summed E-state index contributed by atoms with van der Waals surface area (Å²) in [7, 11) is 2.87. The number of nitrogens with zero attached hydrogens (tertiary/aromatic N) is 1. The third kappa shape index (κ3) is 6.05. The minimum Gasteiger partial charge on any atom is -0.493 e. The lowest BCUT2D eigenvalue weighted by Crippen LogP contribution is -2.42. The van der Waals surface area contributed by atoms with Crippen molar-refractivity contribution in [2.75, 3.05) is 33.9 Å². The molecule has 1 aliphatic heterocycles. The maximum atomic E-state index is 12.1. The zero-order valence-corrected chi connectivity index (χ0v) is 16.7. The zero-order valence-electron chi connectivity index (χ0n) is 16.7. The number of carbonyl (C=O) groups excluding carboxylic acids is 2. The van der Waals surface area contributed by atoms with Crippen LogP contribution in [0.2, 0.25) is 0 Å². The summed E-state index contributed by atoms with van der Waals surface area (Å²) in [6, 6.07) is 4.96. The summed E-state index contributed by atoms with van der Waals surface area (Å²) in [6.45, 7) is 7.43. The summed E-state index contributed by atoms with van der Waals surface area (Å²) < 4.78 is 21.3. The van der Waals surface area contributed by atoms with Crippen LogP contribution in [0.15, 0.2) is 18.2 Å². The van der Waals surface area contributed by atoms with E-state index < -0.39 is 11.6 Å². The minimum atomic E-state index is -0.482. The van der Waals surface area contributed by atoms with Gasteiger partial charge in [0.25, 0.3) is 0 Å². The molecule has 27 heavy (non-hydrogen) atoms. The van der Waals surface area contributed by atoms with E-state index in [2.05, 4.69) is 0 Å². The summed E-state index contributed by atoms with van der Waals surface area (Å²) in [5.41, 5.74) is -0.0726. The lowest BCUT2D eigenvalue weighted by Gasteiger charge is -2.33.